The lowest BCUT2D eigenvalue weighted by molar-refractivity contribution is -0.135. The Balaban J connectivity index is 1.72. The van der Waals surface area contributed by atoms with Crippen LogP contribution in [0.3, 0.4) is 0 Å². The molecule has 1 aromatic carbocycles. The highest BCUT2D eigenvalue weighted by atomic mass is 32.1. The van der Waals surface area contributed by atoms with E-state index in [1.807, 2.05) is 55.6 Å². The molecule has 30 heavy (non-hydrogen) atoms. The third-order valence-corrected chi connectivity index (χ3v) is 6.43. The van der Waals surface area contributed by atoms with Crippen molar-refractivity contribution in [1.29, 1.82) is 0 Å². The maximum Gasteiger partial charge on any atom is 0.325 e. The minimum absolute atomic E-state index is 0.157. The molecule has 0 saturated carbocycles. The Morgan fingerprint density at radius 3 is 2.47 bits per heavy atom. The van der Waals surface area contributed by atoms with Gasteiger partial charge < -0.3 is 10.6 Å². The van der Waals surface area contributed by atoms with Gasteiger partial charge in [0.2, 0.25) is 5.91 Å². The predicted molar refractivity (Wildman–Crippen MR) is 118 cm³/mol. The summed E-state index contributed by atoms with van der Waals surface area (Å²) in [5.41, 5.74) is 0.723. The average Bonchev–Trinajstić information content (AvgIpc) is 3.30. The van der Waals surface area contributed by atoms with Gasteiger partial charge in [-0.1, -0.05) is 57.5 Å². The van der Waals surface area contributed by atoms with E-state index in [0.29, 0.717) is 5.56 Å². The molecule has 0 spiro atoms. The maximum absolute atomic E-state index is 13.1. The van der Waals surface area contributed by atoms with Crippen molar-refractivity contribution in [3.63, 3.8) is 0 Å². The molecule has 1 aliphatic rings. The van der Waals surface area contributed by atoms with E-state index in [4.69, 9.17) is 0 Å². The number of hydrogen-bond donors (Lipinski definition) is 2. The van der Waals surface area contributed by atoms with E-state index in [0.717, 1.165) is 22.6 Å². The number of carbonyl (C=O) groups is 3. The second-order valence-electron chi connectivity index (χ2n) is 8.20. The van der Waals surface area contributed by atoms with Crippen LogP contribution in [-0.4, -0.2) is 29.3 Å². The molecule has 3 rings (SSSR count). The van der Waals surface area contributed by atoms with Crippen molar-refractivity contribution < 1.29 is 14.4 Å². The highest BCUT2D eigenvalue weighted by Crippen LogP contribution is 2.30. The molecule has 6 nitrogen and oxygen atoms in total. The first kappa shape index (κ1) is 22.0. The molecule has 0 radical (unpaired) electrons. The molecule has 0 unspecified atom stereocenters. The van der Waals surface area contributed by atoms with Crippen LogP contribution in [0.1, 0.15) is 56.2 Å². The lowest BCUT2D eigenvalue weighted by atomic mass is 9.91. The Bertz CT molecular complexity index is 908. The molecule has 160 valence electrons. The molecule has 2 atom stereocenters. The van der Waals surface area contributed by atoms with Crippen LogP contribution in [0.15, 0.2) is 41.8 Å². The van der Waals surface area contributed by atoms with Crippen LogP contribution in [-0.2, 0) is 21.5 Å². The molecule has 2 aromatic rings. The molecule has 4 amide bonds. The van der Waals surface area contributed by atoms with Gasteiger partial charge in [-0.15, -0.1) is 11.3 Å². The number of amides is 4. The van der Waals surface area contributed by atoms with Crippen molar-refractivity contribution in [1.82, 2.24) is 15.5 Å². The number of aryl methyl sites for hydroxylation is 1. The first-order chi connectivity index (χ1) is 14.3. The first-order valence-corrected chi connectivity index (χ1v) is 11.2. The normalized spacial score (nSPS) is 19.8. The summed E-state index contributed by atoms with van der Waals surface area (Å²) in [5.74, 6) is -0.584. The van der Waals surface area contributed by atoms with Crippen LogP contribution in [0.2, 0.25) is 0 Å². The van der Waals surface area contributed by atoms with Gasteiger partial charge in [0.15, 0.2) is 0 Å². The Hall–Kier alpha value is -2.67. The lowest BCUT2D eigenvalue weighted by Crippen LogP contribution is -2.44. The van der Waals surface area contributed by atoms with Crippen LogP contribution in [0, 0.1) is 5.92 Å². The smallest absolute Gasteiger partial charge is 0.325 e. The summed E-state index contributed by atoms with van der Waals surface area (Å²) >= 11 is 1.57. The van der Waals surface area contributed by atoms with Gasteiger partial charge in [0, 0.05) is 4.88 Å². The zero-order valence-corrected chi connectivity index (χ0v) is 18.7. The second-order valence-corrected chi connectivity index (χ2v) is 9.18. The molecule has 2 N–H and O–H groups in total. The highest BCUT2D eigenvalue weighted by molar-refractivity contribution is 7.10. The lowest BCUT2D eigenvalue weighted by Gasteiger charge is -2.24. The van der Waals surface area contributed by atoms with Crippen molar-refractivity contribution in [3.8, 4) is 0 Å². The van der Waals surface area contributed by atoms with Gasteiger partial charge in [-0.3, -0.25) is 14.5 Å². The van der Waals surface area contributed by atoms with E-state index in [1.54, 1.807) is 18.3 Å². The van der Waals surface area contributed by atoms with Gasteiger partial charge in [-0.25, -0.2) is 4.79 Å². The fraction of sp³-hybridized carbons (Fsp3) is 0.435. The minimum Gasteiger partial charge on any atom is -0.347 e. The first-order valence-electron chi connectivity index (χ1n) is 10.3. The van der Waals surface area contributed by atoms with E-state index in [2.05, 4.69) is 17.6 Å². The molecular formula is C23H29N3O3S. The quantitative estimate of drug-likeness (QED) is 0.626. The Morgan fingerprint density at radius 1 is 1.20 bits per heavy atom. The molecule has 0 aliphatic carbocycles. The van der Waals surface area contributed by atoms with Gasteiger partial charge in [0.25, 0.3) is 5.91 Å². The van der Waals surface area contributed by atoms with Crippen molar-refractivity contribution in [2.24, 2.45) is 5.92 Å². The molecule has 1 aromatic heterocycles. The number of benzene rings is 1. The maximum atomic E-state index is 13.1. The molecule has 7 heteroatoms. The van der Waals surface area contributed by atoms with Gasteiger partial charge in [0.05, 0.1) is 6.04 Å². The van der Waals surface area contributed by atoms with Gasteiger partial charge in [-0.2, -0.15) is 0 Å². The van der Waals surface area contributed by atoms with Crippen molar-refractivity contribution in [3.05, 3.63) is 57.8 Å². The third-order valence-electron chi connectivity index (χ3n) is 5.48. The number of imide groups is 1. The zero-order valence-electron chi connectivity index (χ0n) is 17.9. The minimum atomic E-state index is -1.17. The van der Waals surface area contributed by atoms with Crippen molar-refractivity contribution in [2.45, 2.75) is 52.1 Å². The van der Waals surface area contributed by atoms with Crippen molar-refractivity contribution >= 4 is 29.2 Å². The number of carbonyl (C=O) groups excluding carboxylic acids is 3. The standard InChI is InChI=1S/C23H29N3O3S/c1-5-7-16-9-11-17(12-10-16)23(4)21(28)26(22(29)25-23)14-19(27)24-20(15(2)3)18-8-6-13-30-18/h6,8-13,15,20H,5,7,14H2,1-4H3,(H,24,27)(H,25,29)/t20-,23-/m0/s1. The SMILES string of the molecule is CCCc1ccc([C@]2(C)NC(=O)N(CC(=O)N[C@H](c3cccs3)C(C)C)C2=O)cc1. The topological polar surface area (TPSA) is 78.5 Å². The summed E-state index contributed by atoms with van der Waals surface area (Å²) in [6.07, 6.45) is 2.00. The van der Waals surface area contributed by atoms with E-state index in [9.17, 15) is 14.4 Å². The van der Waals surface area contributed by atoms with Crippen LogP contribution < -0.4 is 10.6 Å². The molecule has 0 bridgehead atoms. The molecule has 1 aliphatic heterocycles. The van der Waals surface area contributed by atoms with E-state index in [-0.39, 0.29) is 24.4 Å². The number of thiophene rings is 1. The monoisotopic (exact) mass is 427 g/mol. The number of rotatable bonds is 8. The summed E-state index contributed by atoms with van der Waals surface area (Å²) in [6.45, 7) is 7.54. The number of nitrogens with zero attached hydrogens (tertiary/aromatic N) is 1. The zero-order chi connectivity index (χ0) is 21.9. The van der Waals surface area contributed by atoms with Gasteiger partial charge >= 0.3 is 6.03 Å². The Kier molecular flexibility index (Phi) is 6.61. The van der Waals surface area contributed by atoms with Gasteiger partial charge in [0.1, 0.15) is 12.1 Å². The molecule has 1 fully saturated rings. The summed E-state index contributed by atoms with van der Waals surface area (Å²) in [5, 5.41) is 7.70. The number of hydrogen-bond acceptors (Lipinski definition) is 4. The summed E-state index contributed by atoms with van der Waals surface area (Å²) in [6, 6.07) is 10.9. The van der Waals surface area contributed by atoms with Crippen LogP contribution in [0.25, 0.3) is 0 Å². The third kappa shape index (κ3) is 4.41. The number of urea groups is 1. The molecular weight excluding hydrogens is 398 g/mol. The van der Waals surface area contributed by atoms with E-state index in [1.165, 1.54) is 5.56 Å². The van der Waals surface area contributed by atoms with E-state index < -0.39 is 17.5 Å². The molecule has 2 heterocycles. The highest BCUT2D eigenvalue weighted by Gasteiger charge is 2.49. The predicted octanol–water partition coefficient (Wildman–Crippen LogP) is 3.98. The molecule has 1 saturated heterocycles. The summed E-state index contributed by atoms with van der Waals surface area (Å²) < 4.78 is 0. The van der Waals surface area contributed by atoms with Crippen LogP contribution >= 0.6 is 11.3 Å². The van der Waals surface area contributed by atoms with Crippen LogP contribution in [0.4, 0.5) is 4.79 Å². The average molecular weight is 428 g/mol. The Labute approximate surface area is 181 Å². The van der Waals surface area contributed by atoms with Crippen LogP contribution in [0.5, 0.6) is 0 Å². The summed E-state index contributed by atoms with van der Waals surface area (Å²) in [4.78, 5) is 40.4. The largest absolute Gasteiger partial charge is 0.347 e. The van der Waals surface area contributed by atoms with E-state index >= 15 is 0 Å². The number of nitrogens with one attached hydrogen (secondary N) is 2. The fourth-order valence-electron chi connectivity index (χ4n) is 3.73. The van der Waals surface area contributed by atoms with Crippen molar-refractivity contribution in [2.75, 3.05) is 6.54 Å². The second kappa shape index (κ2) is 9.00. The fourth-order valence-corrected chi connectivity index (χ4v) is 4.68. The van der Waals surface area contributed by atoms with Gasteiger partial charge in [-0.05, 0) is 41.8 Å². The summed E-state index contributed by atoms with van der Waals surface area (Å²) in [7, 11) is 0. The Morgan fingerprint density at radius 2 is 1.90 bits per heavy atom.